The molecule has 5 rings (SSSR count). The summed E-state index contributed by atoms with van der Waals surface area (Å²) in [6.45, 7) is 3.68. The zero-order chi connectivity index (χ0) is 28.6. The summed E-state index contributed by atoms with van der Waals surface area (Å²) in [6.07, 6.45) is 4.82. The number of amides is 2. The number of aromatic nitrogens is 2. The number of fused-ring (bicyclic) bond motifs is 2. The number of carbonyl (C=O) groups excluding carboxylic acids is 3. The number of pyridine rings is 1. The maximum absolute atomic E-state index is 13.1. The third-order valence-corrected chi connectivity index (χ3v) is 8.17. The number of oxime groups is 1. The van der Waals surface area contributed by atoms with Crippen LogP contribution in [-0.4, -0.2) is 67.4 Å². The predicted molar refractivity (Wildman–Crippen MR) is 144 cm³/mol. The van der Waals surface area contributed by atoms with Gasteiger partial charge in [0, 0.05) is 28.2 Å². The molecule has 2 amide bonds. The summed E-state index contributed by atoms with van der Waals surface area (Å²) < 4.78 is 1.70. The van der Waals surface area contributed by atoms with Gasteiger partial charge in [-0.15, -0.1) is 23.1 Å². The molecule has 13 nitrogen and oxygen atoms in total. The highest BCUT2D eigenvalue weighted by atomic mass is 32.2. The molecule has 40 heavy (non-hydrogen) atoms. The first-order valence-corrected chi connectivity index (χ1v) is 13.7. The van der Waals surface area contributed by atoms with Crippen LogP contribution in [0.4, 0.5) is 5.13 Å². The number of benzene rings is 1. The van der Waals surface area contributed by atoms with Gasteiger partial charge < -0.3 is 36.0 Å². The average Bonchev–Trinajstić information content (AvgIpc) is 3.35. The molecule has 1 aromatic carbocycles. The minimum atomic E-state index is -1.51. The summed E-state index contributed by atoms with van der Waals surface area (Å²) in [6, 6.07) is 3.51. The molecule has 0 bridgehead atoms. The van der Waals surface area contributed by atoms with Crippen molar-refractivity contribution in [1.29, 1.82) is 0 Å². The van der Waals surface area contributed by atoms with E-state index in [0.717, 1.165) is 16.2 Å². The van der Waals surface area contributed by atoms with Crippen molar-refractivity contribution < 1.29 is 39.1 Å². The largest absolute Gasteiger partial charge is 0.543 e. The molecular formula is C25H22N6O7S2. The van der Waals surface area contributed by atoms with E-state index in [2.05, 4.69) is 22.0 Å². The van der Waals surface area contributed by atoms with E-state index in [0.29, 0.717) is 16.3 Å². The van der Waals surface area contributed by atoms with Gasteiger partial charge in [-0.2, -0.15) is 0 Å². The van der Waals surface area contributed by atoms with E-state index >= 15 is 0 Å². The normalized spacial score (nSPS) is 18.8. The lowest BCUT2D eigenvalue weighted by Crippen LogP contribution is -2.71. The summed E-state index contributed by atoms with van der Waals surface area (Å²) in [7, 11) is 0. The van der Waals surface area contributed by atoms with E-state index in [-0.39, 0.29) is 52.6 Å². The first-order valence-electron chi connectivity index (χ1n) is 11.7. The molecule has 0 aliphatic carbocycles. The SMILES string of the molecule is C=CCON=C(C(=O)NC1C(=O)N2C(C(=O)[O-])=C(C[n+]3ccc4cc(O)c(O)cc4c3)CS[C@H]12)c1csc(N)n1. The van der Waals surface area contributed by atoms with Gasteiger partial charge in [-0.3, -0.25) is 14.5 Å². The van der Waals surface area contributed by atoms with Gasteiger partial charge in [-0.25, -0.2) is 9.55 Å². The van der Waals surface area contributed by atoms with Crippen molar-refractivity contribution in [2.75, 3.05) is 18.1 Å². The molecule has 5 N–H and O–H groups in total. The Hall–Kier alpha value is -4.63. The van der Waals surface area contributed by atoms with E-state index in [1.54, 1.807) is 23.0 Å². The topological polar surface area (TPSA) is 194 Å². The molecular weight excluding hydrogens is 560 g/mol. The smallest absolute Gasteiger partial charge is 0.276 e. The molecule has 206 valence electrons. The van der Waals surface area contributed by atoms with E-state index in [1.807, 2.05) is 0 Å². The zero-order valence-electron chi connectivity index (χ0n) is 20.6. The second-order valence-corrected chi connectivity index (χ2v) is 10.8. The fraction of sp³-hybridized carbons (Fsp3) is 0.200. The van der Waals surface area contributed by atoms with Crippen LogP contribution in [0.1, 0.15) is 5.69 Å². The predicted octanol–water partition coefficient (Wildman–Crippen LogP) is -0.412. The molecule has 1 saturated heterocycles. The van der Waals surface area contributed by atoms with Gasteiger partial charge in [0.25, 0.3) is 11.8 Å². The van der Waals surface area contributed by atoms with E-state index < -0.39 is 29.2 Å². The number of aliphatic carboxylic acids is 1. The fourth-order valence-electron chi connectivity index (χ4n) is 4.34. The second-order valence-electron chi connectivity index (χ2n) is 8.78. The van der Waals surface area contributed by atoms with Crippen molar-refractivity contribution >= 4 is 62.5 Å². The number of nitrogens with two attached hydrogens (primary N) is 1. The quantitative estimate of drug-likeness (QED) is 0.0490. The van der Waals surface area contributed by atoms with Gasteiger partial charge in [0.1, 0.15) is 23.7 Å². The molecule has 15 heteroatoms. The number of anilines is 1. The maximum Gasteiger partial charge on any atom is 0.276 e. The van der Waals surface area contributed by atoms with Gasteiger partial charge in [-0.1, -0.05) is 17.8 Å². The maximum atomic E-state index is 13.1. The Bertz CT molecular complexity index is 1620. The lowest BCUT2D eigenvalue weighted by atomic mass is 10.0. The Morgan fingerprint density at radius 3 is 2.77 bits per heavy atom. The second kappa shape index (κ2) is 10.9. The lowest BCUT2D eigenvalue weighted by Gasteiger charge is -2.50. The number of rotatable bonds is 9. The number of phenolic OH excluding ortho intramolecular Hbond substituents is 2. The van der Waals surface area contributed by atoms with Crippen molar-refractivity contribution in [3.63, 3.8) is 0 Å². The molecule has 2 atom stereocenters. The number of carbonyl (C=O) groups is 3. The van der Waals surface area contributed by atoms with Gasteiger partial charge in [-0.05, 0) is 17.5 Å². The van der Waals surface area contributed by atoms with Crippen LogP contribution >= 0.6 is 23.1 Å². The molecule has 3 aromatic rings. The number of hydrogen-bond donors (Lipinski definition) is 4. The zero-order valence-corrected chi connectivity index (χ0v) is 22.3. The lowest BCUT2D eigenvalue weighted by molar-refractivity contribution is -0.687. The summed E-state index contributed by atoms with van der Waals surface area (Å²) in [5, 5.41) is 40.5. The van der Waals surface area contributed by atoms with Crippen LogP contribution in [-0.2, 0) is 25.8 Å². The summed E-state index contributed by atoms with van der Waals surface area (Å²) in [5.74, 6) is -3.15. The van der Waals surface area contributed by atoms with Gasteiger partial charge in [0.05, 0.1) is 11.7 Å². The molecule has 0 radical (unpaired) electrons. The van der Waals surface area contributed by atoms with Gasteiger partial charge in [0.15, 0.2) is 41.3 Å². The Kier molecular flexibility index (Phi) is 7.32. The number of thioether (sulfide) groups is 1. The van der Waals surface area contributed by atoms with Crippen LogP contribution in [0.5, 0.6) is 11.5 Å². The minimum absolute atomic E-state index is 0.0341. The standard InChI is InChI=1S/C25H22N6O7S2/c1-2-5-38-29-18(15-11-40-25(26)27-15)21(34)28-19-22(35)31-20(24(36)37)14(10-39-23(19)31)9-30-4-3-12-6-16(32)17(33)7-13(12)8-30/h2-4,6-8,11,19,23H,1,5,9-10H2,(H5,26,27,28,33,34,36,37)/t19?,23-/m1/s1. The number of nitrogens with zero attached hydrogens (tertiary/aromatic N) is 4. The molecule has 2 aromatic heterocycles. The molecule has 1 unspecified atom stereocenters. The molecule has 2 aliphatic rings. The highest BCUT2D eigenvalue weighted by molar-refractivity contribution is 8.00. The minimum Gasteiger partial charge on any atom is -0.543 e. The van der Waals surface area contributed by atoms with Crippen molar-refractivity contribution in [1.82, 2.24) is 15.2 Å². The van der Waals surface area contributed by atoms with Gasteiger partial charge in [0.2, 0.25) is 0 Å². The highest BCUT2D eigenvalue weighted by Crippen LogP contribution is 2.40. The Labute approximate surface area is 234 Å². The van der Waals surface area contributed by atoms with Crippen molar-refractivity contribution in [2.24, 2.45) is 5.16 Å². The van der Waals surface area contributed by atoms with Crippen LogP contribution in [0.2, 0.25) is 0 Å². The number of nitrogens with one attached hydrogen (secondary N) is 1. The van der Waals surface area contributed by atoms with Crippen LogP contribution in [0.3, 0.4) is 0 Å². The molecule has 0 saturated carbocycles. The fourth-order valence-corrected chi connectivity index (χ4v) is 6.22. The van der Waals surface area contributed by atoms with E-state index in [4.69, 9.17) is 10.6 Å². The number of thiazole rings is 1. The monoisotopic (exact) mass is 582 g/mol. The first-order chi connectivity index (χ1) is 19.2. The number of carboxylic acids is 1. The summed E-state index contributed by atoms with van der Waals surface area (Å²) >= 11 is 2.39. The summed E-state index contributed by atoms with van der Waals surface area (Å²) in [5.41, 5.74) is 5.84. The average molecular weight is 583 g/mol. The number of aromatic hydroxyl groups is 2. The molecule has 0 spiro atoms. The number of hydrogen-bond acceptors (Lipinski definition) is 12. The van der Waals surface area contributed by atoms with Crippen LogP contribution in [0, 0.1) is 0 Å². The molecule has 2 aliphatic heterocycles. The Morgan fingerprint density at radius 2 is 2.10 bits per heavy atom. The molecule has 4 heterocycles. The van der Waals surface area contributed by atoms with Crippen molar-refractivity contribution in [3.05, 3.63) is 65.6 Å². The van der Waals surface area contributed by atoms with E-state index in [1.165, 1.54) is 35.4 Å². The summed E-state index contributed by atoms with van der Waals surface area (Å²) in [4.78, 5) is 48.6. The third-order valence-electron chi connectivity index (χ3n) is 6.16. The number of nitrogen functional groups attached to an aromatic ring is 1. The Morgan fingerprint density at radius 1 is 1.35 bits per heavy atom. The van der Waals surface area contributed by atoms with Crippen molar-refractivity contribution in [3.8, 4) is 11.5 Å². The van der Waals surface area contributed by atoms with Gasteiger partial charge >= 0.3 is 0 Å². The van der Waals surface area contributed by atoms with Crippen LogP contribution in [0.15, 0.2) is 65.1 Å². The number of phenols is 2. The molecule has 1 fully saturated rings. The van der Waals surface area contributed by atoms with Crippen molar-refractivity contribution in [2.45, 2.75) is 18.0 Å². The van der Waals surface area contributed by atoms with E-state index in [9.17, 15) is 29.7 Å². The number of carboxylic acid groups (broad SMARTS) is 1. The first kappa shape index (κ1) is 27.0. The third kappa shape index (κ3) is 5.03. The Balaban J connectivity index is 1.36. The van der Waals surface area contributed by atoms with Crippen LogP contribution < -0.4 is 20.7 Å². The van der Waals surface area contributed by atoms with Crippen LogP contribution in [0.25, 0.3) is 10.8 Å². The highest BCUT2D eigenvalue weighted by Gasteiger charge is 2.53. The number of β-lactam (4-membered cyclic amide) rings is 1.